The smallest absolute Gasteiger partial charge is 0.190 e. The molecule has 7 heteroatoms. The first-order valence-corrected chi connectivity index (χ1v) is 8.94. The average molecular weight is 463 g/mol. The van der Waals surface area contributed by atoms with Gasteiger partial charge in [0.1, 0.15) is 0 Å². The van der Waals surface area contributed by atoms with Crippen molar-refractivity contribution < 1.29 is 4.74 Å². The minimum atomic E-state index is 0. The van der Waals surface area contributed by atoms with Crippen LogP contribution in [0.4, 0.5) is 0 Å². The summed E-state index contributed by atoms with van der Waals surface area (Å²) in [7, 11) is 3.76. The van der Waals surface area contributed by atoms with Crippen LogP contribution in [0.1, 0.15) is 39.2 Å². The van der Waals surface area contributed by atoms with Crippen LogP contribution >= 0.6 is 24.0 Å². The molecule has 0 bridgehead atoms. The number of ether oxygens (including phenoxy) is 1. The molecule has 6 nitrogen and oxygen atoms in total. The molecule has 0 spiro atoms. The van der Waals surface area contributed by atoms with E-state index in [4.69, 9.17) is 4.74 Å². The number of aromatic nitrogens is 2. The highest BCUT2D eigenvalue weighted by atomic mass is 127. The Kier molecular flexibility index (Phi) is 9.20. The fourth-order valence-corrected chi connectivity index (χ4v) is 3.38. The molecular weight excluding hydrogens is 429 g/mol. The third-order valence-electron chi connectivity index (χ3n) is 4.52. The Hall–Kier alpha value is -0.830. The van der Waals surface area contributed by atoms with E-state index in [2.05, 4.69) is 41.5 Å². The highest BCUT2D eigenvalue weighted by Crippen LogP contribution is 2.33. The fourth-order valence-electron chi connectivity index (χ4n) is 3.38. The van der Waals surface area contributed by atoms with E-state index < -0.39 is 0 Å². The maximum atomic E-state index is 6.05. The first-order chi connectivity index (χ1) is 11.4. The van der Waals surface area contributed by atoms with Gasteiger partial charge in [-0.1, -0.05) is 20.8 Å². The van der Waals surface area contributed by atoms with Crippen LogP contribution in [-0.2, 0) is 18.2 Å². The quantitative estimate of drug-likeness (QED) is 0.401. The van der Waals surface area contributed by atoms with Gasteiger partial charge in [0.2, 0.25) is 0 Å². The van der Waals surface area contributed by atoms with Gasteiger partial charge in [-0.2, -0.15) is 5.10 Å². The van der Waals surface area contributed by atoms with Crippen LogP contribution < -0.4 is 10.6 Å². The molecule has 0 saturated carbocycles. The topological polar surface area (TPSA) is 63.5 Å². The van der Waals surface area contributed by atoms with E-state index in [1.54, 1.807) is 0 Å². The lowest BCUT2D eigenvalue weighted by molar-refractivity contribution is -0.0835. The molecule has 2 atom stereocenters. The molecule has 0 amide bonds. The minimum Gasteiger partial charge on any atom is -0.377 e. The van der Waals surface area contributed by atoms with Crippen molar-refractivity contribution in [1.29, 1.82) is 0 Å². The van der Waals surface area contributed by atoms with Crippen molar-refractivity contribution in [2.24, 2.45) is 23.4 Å². The Morgan fingerprint density at radius 3 is 2.76 bits per heavy atom. The van der Waals surface area contributed by atoms with Crippen molar-refractivity contribution in [3.8, 4) is 0 Å². The molecule has 0 aromatic carbocycles. The molecule has 0 aliphatic carbocycles. The number of halogens is 1. The molecule has 1 aliphatic rings. The van der Waals surface area contributed by atoms with Crippen LogP contribution in [0.5, 0.6) is 0 Å². The molecule has 0 radical (unpaired) electrons. The van der Waals surface area contributed by atoms with E-state index in [1.807, 2.05) is 31.2 Å². The van der Waals surface area contributed by atoms with Crippen LogP contribution in [0.25, 0.3) is 0 Å². The Bertz CT molecular complexity index is 538. The molecule has 1 aliphatic heterocycles. The maximum Gasteiger partial charge on any atom is 0.190 e. The zero-order valence-electron chi connectivity index (χ0n) is 16.2. The highest BCUT2D eigenvalue weighted by Gasteiger charge is 2.35. The molecule has 2 heterocycles. The van der Waals surface area contributed by atoms with Crippen molar-refractivity contribution in [3.63, 3.8) is 0 Å². The van der Waals surface area contributed by atoms with Crippen molar-refractivity contribution in [2.75, 3.05) is 26.7 Å². The second-order valence-electron chi connectivity index (χ2n) is 7.71. The van der Waals surface area contributed by atoms with E-state index in [-0.39, 0.29) is 29.4 Å². The predicted molar refractivity (Wildman–Crippen MR) is 114 cm³/mol. The molecule has 1 aromatic rings. The minimum absolute atomic E-state index is 0. The molecule has 2 unspecified atom stereocenters. The number of guanidine groups is 1. The van der Waals surface area contributed by atoms with Crippen molar-refractivity contribution in [1.82, 2.24) is 20.4 Å². The van der Waals surface area contributed by atoms with Gasteiger partial charge in [-0.3, -0.25) is 9.67 Å². The van der Waals surface area contributed by atoms with Crippen molar-refractivity contribution >= 4 is 29.9 Å². The van der Waals surface area contributed by atoms with Gasteiger partial charge in [-0.05, 0) is 30.2 Å². The predicted octanol–water partition coefficient (Wildman–Crippen LogP) is 2.59. The molecule has 25 heavy (non-hydrogen) atoms. The molecule has 1 saturated heterocycles. The third kappa shape index (κ3) is 7.13. The zero-order valence-corrected chi connectivity index (χ0v) is 18.5. The van der Waals surface area contributed by atoms with Gasteiger partial charge in [0.05, 0.1) is 12.3 Å². The Balaban J connectivity index is 0.00000312. The lowest BCUT2D eigenvalue weighted by Crippen LogP contribution is -2.47. The summed E-state index contributed by atoms with van der Waals surface area (Å²) in [5, 5.41) is 11.0. The molecule has 1 aromatic heterocycles. The second kappa shape index (κ2) is 10.4. The standard InChI is InChI=1S/C18H33N5O.HI/c1-18(2,3)16-15(7-6-10-24-16)12-21-17(19-4)20-9-8-14-11-22-23(5)13-14;/h11,13,15-16H,6-10,12H2,1-5H3,(H2,19,20,21);1H. The monoisotopic (exact) mass is 463 g/mol. The van der Waals surface area contributed by atoms with E-state index >= 15 is 0 Å². The highest BCUT2D eigenvalue weighted by molar-refractivity contribution is 14.0. The maximum absolute atomic E-state index is 6.05. The van der Waals surface area contributed by atoms with Gasteiger partial charge >= 0.3 is 0 Å². The van der Waals surface area contributed by atoms with Gasteiger partial charge in [0.15, 0.2) is 5.96 Å². The van der Waals surface area contributed by atoms with Crippen LogP contribution in [0, 0.1) is 11.3 Å². The third-order valence-corrected chi connectivity index (χ3v) is 4.52. The summed E-state index contributed by atoms with van der Waals surface area (Å²) in [6.07, 6.45) is 7.54. The van der Waals surface area contributed by atoms with Gasteiger partial charge in [-0.25, -0.2) is 0 Å². The lowest BCUT2D eigenvalue weighted by atomic mass is 9.78. The molecule has 2 rings (SSSR count). The first kappa shape index (κ1) is 22.2. The number of nitrogens with one attached hydrogen (secondary N) is 2. The summed E-state index contributed by atoms with van der Waals surface area (Å²) in [4.78, 5) is 4.33. The van der Waals surface area contributed by atoms with Gasteiger partial charge in [0, 0.05) is 45.9 Å². The number of rotatable bonds is 5. The Morgan fingerprint density at radius 2 is 2.16 bits per heavy atom. The average Bonchev–Trinajstić information content (AvgIpc) is 2.95. The normalized spacial score (nSPS) is 21.6. The molecular formula is C18H34IN5O. The Morgan fingerprint density at radius 1 is 1.40 bits per heavy atom. The lowest BCUT2D eigenvalue weighted by Gasteiger charge is -2.40. The summed E-state index contributed by atoms with van der Waals surface area (Å²) >= 11 is 0. The summed E-state index contributed by atoms with van der Waals surface area (Å²) in [5.41, 5.74) is 1.40. The van der Waals surface area contributed by atoms with Gasteiger partial charge in [-0.15, -0.1) is 24.0 Å². The Labute approximate surface area is 169 Å². The number of aryl methyl sites for hydroxylation is 1. The van der Waals surface area contributed by atoms with Crippen LogP contribution in [0.3, 0.4) is 0 Å². The van der Waals surface area contributed by atoms with E-state index in [9.17, 15) is 0 Å². The van der Waals surface area contributed by atoms with Crippen molar-refractivity contribution in [3.05, 3.63) is 18.0 Å². The summed E-state index contributed by atoms with van der Waals surface area (Å²) in [6.45, 7) is 9.41. The fraction of sp³-hybridized carbons (Fsp3) is 0.778. The van der Waals surface area contributed by atoms with Gasteiger partial charge < -0.3 is 15.4 Å². The molecule has 1 fully saturated rings. The van der Waals surface area contributed by atoms with E-state index in [0.717, 1.165) is 38.5 Å². The molecule has 144 valence electrons. The van der Waals surface area contributed by atoms with Gasteiger partial charge in [0.25, 0.3) is 0 Å². The number of nitrogens with zero attached hydrogens (tertiary/aromatic N) is 3. The first-order valence-electron chi connectivity index (χ1n) is 8.94. The van der Waals surface area contributed by atoms with Crippen LogP contribution in [0.15, 0.2) is 17.4 Å². The van der Waals surface area contributed by atoms with E-state index in [0.29, 0.717) is 12.0 Å². The van der Waals surface area contributed by atoms with Crippen LogP contribution in [0.2, 0.25) is 0 Å². The van der Waals surface area contributed by atoms with Crippen molar-refractivity contribution in [2.45, 2.75) is 46.1 Å². The zero-order chi connectivity index (χ0) is 17.6. The summed E-state index contributed by atoms with van der Waals surface area (Å²) in [5.74, 6) is 1.38. The number of aliphatic imine (C=N–C) groups is 1. The SMILES string of the molecule is CN=C(NCCc1cnn(C)c1)NCC1CCCOC1C(C)(C)C.I. The van der Waals surface area contributed by atoms with Crippen LogP contribution in [-0.4, -0.2) is 48.6 Å². The largest absolute Gasteiger partial charge is 0.377 e. The number of hydrogen-bond acceptors (Lipinski definition) is 3. The summed E-state index contributed by atoms with van der Waals surface area (Å²) < 4.78 is 7.88. The summed E-state index contributed by atoms with van der Waals surface area (Å²) in [6, 6.07) is 0. The number of hydrogen-bond donors (Lipinski definition) is 2. The van der Waals surface area contributed by atoms with E-state index in [1.165, 1.54) is 12.0 Å². The second-order valence-corrected chi connectivity index (χ2v) is 7.71. The molecule has 2 N–H and O–H groups in total.